The van der Waals surface area contributed by atoms with Crippen LogP contribution in [0.4, 0.5) is 0 Å². The number of rotatable bonds is 1. The van der Waals surface area contributed by atoms with E-state index in [9.17, 15) is 0 Å². The van der Waals surface area contributed by atoms with Crippen molar-refractivity contribution >= 4 is 21.7 Å². The zero-order valence-electron chi connectivity index (χ0n) is 15.7. The van der Waals surface area contributed by atoms with Crippen molar-refractivity contribution in [2.45, 2.75) is 13.8 Å². The fraction of sp³-hybridized carbons (Fsp3) is 0.0870. The van der Waals surface area contributed by atoms with E-state index in [1.165, 1.54) is 27.3 Å². The Hall–Kier alpha value is -1.67. The third-order valence-corrected chi connectivity index (χ3v) is 4.64. The molecule has 0 atom stereocenters. The molecule has 4 aromatic carbocycles. The van der Waals surface area contributed by atoms with E-state index in [2.05, 4.69) is 85.7 Å². The molecular formula is C23H20Cl2N2Zr. The summed E-state index contributed by atoms with van der Waals surface area (Å²) in [6, 6.07) is 27.3. The van der Waals surface area contributed by atoms with Crippen molar-refractivity contribution in [2.75, 3.05) is 0 Å². The van der Waals surface area contributed by atoms with Gasteiger partial charge in [0.05, 0.1) is 11.7 Å². The molecule has 0 saturated heterocycles. The quantitative estimate of drug-likeness (QED) is 0.304. The van der Waals surface area contributed by atoms with Crippen molar-refractivity contribution in [3.63, 3.8) is 0 Å². The maximum absolute atomic E-state index is 4.48. The van der Waals surface area contributed by atoms with Gasteiger partial charge in [-0.3, -0.25) is 4.68 Å². The molecule has 0 N–H and O–H groups in total. The number of aromatic nitrogens is 2. The van der Waals surface area contributed by atoms with Crippen LogP contribution >= 0.6 is 0 Å². The largest absolute Gasteiger partial charge is 4.00 e. The van der Waals surface area contributed by atoms with Gasteiger partial charge < -0.3 is 24.8 Å². The first kappa shape index (κ1) is 24.4. The zero-order chi connectivity index (χ0) is 17.2. The van der Waals surface area contributed by atoms with Gasteiger partial charge in [0.15, 0.2) is 0 Å². The minimum absolute atomic E-state index is 0. The average molecular weight is 487 g/mol. The smallest absolute Gasteiger partial charge is 1.00 e. The Bertz CT molecular complexity index is 1090. The van der Waals surface area contributed by atoms with Crippen molar-refractivity contribution in [1.82, 2.24) is 9.78 Å². The summed E-state index contributed by atoms with van der Waals surface area (Å²) in [7, 11) is 0. The van der Waals surface area contributed by atoms with Crippen LogP contribution in [0.2, 0.25) is 0 Å². The van der Waals surface area contributed by atoms with Gasteiger partial charge in [0.1, 0.15) is 0 Å². The molecule has 0 amide bonds. The number of nitrogens with zero attached hydrogens (tertiary/aromatic N) is 2. The van der Waals surface area contributed by atoms with Gasteiger partial charge in [0, 0.05) is 5.39 Å². The molecule has 1 heterocycles. The molecule has 0 bridgehead atoms. The van der Waals surface area contributed by atoms with E-state index in [-0.39, 0.29) is 51.0 Å². The number of halogens is 2. The number of benzene rings is 2. The summed E-state index contributed by atoms with van der Waals surface area (Å²) in [5.41, 5.74) is 5.05. The Morgan fingerprint density at radius 2 is 1.57 bits per heavy atom. The number of para-hydroxylation sites is 1. The molecule has 0 saturated carbocycles. The SMILES string of the molecule is Cc1ccc[c-]1C.[Cl-].[Cl-].[Zr+4].c1ccc2[cH-]c(-n3ncc4ccccc43)cc2c1. The minimum Gasteiger partial charge on any atom is -1.00 e. The summed E-state index contributed by atoms with van der Waals surface area (Å²) in [6.07, 6.45) is 1.91. The third-order valence-electron chi connectivity index (χ3n) is 4.64. The monoisotopic (exact) mass is 484 g/mol. The fourth-order valence-electron chi connectivity index (χ4n) is 3.03. The van der Waals surface area contributed by atoms with E-state index in [0.29, 0.717) is 0 Å². The van der Waals surface area contributed by atoms with Gasteiger partial charge in [-0.2, -0.15) is 22.3 Å². The van der Waals surface area contributed by atoms with Crippen LogP contribution in [-0.2, 0) is 26.2 Å². The van der Waals surface area contributed by atoms with Gasteiger partial charge in [-0.1, -0.05) is 38.1 Å². The van der Waals surface area contributed by atoms with E-state index in [4.69, 9.17) is 0 Å². The molecule has 5 aromatic rings. The van der Waals surface area contributed by atoms with E-state index in [1.54, 1.807) is 0 Å². The van der Waals surface area contributed by atoms with Crippen LogP contribution in [-0.4, -0.2) is 9.78 Å². The van der Waals surface area contributed by atoms with Crippen molar-refractivity contribution in [1.29, 1.82) is 0 Å². The summed E-state index contributed by atoms with van der Waals surface area (Å²) in [6.45, 7) is 4.24. The van der Waals surface area contributed by atoms with E-state index in [0.717, 1.165) is 11.2 Å². The molecule has 5 rings (SSSR count). The zero-order valence-corrected chi connectivity index (χ0v) is 19.7. The molecule has 0 aliphatic rings. The molecule has 140 valence electrons. The van der Waals surface area contributed by atoms with Crippen molar-refractivity contribution in [2.24, 2.45) is 0 Å². The van der Waals surface area contributed by atoms with E-state index < -0.39 is 0 Å². The third kappa shape index (κ3) is 5.03. The number of fused-ring (bicyclic) bond motifs is 2. The molecule has 0 fully saturated rings. The Morgan fingerprint density at radius 3 is 2.18 bits per heavy atom. The van der Waals surface area contributed by atoms with Crippen LogP contribution in [0, 0.1) is 13.8 Å². The molecule has 0 radical (unpaired) electrons. The molecule has 5 heteroatoms. The van der Waals surface area contributed by atoms with E-state index >= 15 is 0 Å². The first-order valence-electron chi connectivity index (χ1n) is 8.50. The van der Waals surface area contributed by atoms with Crippen molar-refractivity contribution in [3.05, 3.63) is 96.2 Å². The molecule has 1 aromatic heterocycles. The number of aryl methyl sites for hydroxylation is 2. The second-order valence-corrected chi connectivity index (χ2v) is 6.35. The van der Waals surface area contributed by atoms with Crippen LogP contribution in [0.1, 0.15) is 11.1 Å². The topological polar surface area (TPSA) is 17.8 Å². The fourth-order valence-corrected chi connectivity index (χ4v) is 3.03. The number of hydrogen-bond acceptors (Lipinski definition) is 1. The second-order valence-electron chi connectivity index (χ2n) is 6.35. The van der Waals surface area contributed by atoms with Crippen LogP contribution < -0.4 is 24.8 Å². The maximum atomic E-state index is 4.48. The second kappa shape index (κ2) is 10.8. The van der Waals surface area contributed by atoms with Crippen molar-refractivity contribution < 1.29 is 51.0 Å². The Kier molecular flexibility index (Phi) is 9.37. The first-order valence-corrected chi connectivity index (χ1v) is 8.50. The van der Waals surface area contributed by atoms with Crippen LogP contribution in [0.25, 0.3) is 27.4 Å². The van der Waals surface area contributed by atoms with E-state index in [1.807, 2.05) is 23.0 Å². The van der Waals surface area contributed by atoms with Crippen LogP contribution in [0.5, 0.6) is 0 Å². The normalized spacial score (nSPS) is 9.64. The number of hydrogen-bond donors (Lipinski definition) is 0. The summed E-state index contributed by atoms with van der Waals surface area (Å²) in [5.74, 6) is 0. The minimum atomic E-state index is 0. The van der Waals surface area contributed by atoms with Gasteiger partial charge in [0.2, 0.25) is 0 Å². The van der Waals surface area contributed by atoms with Gasteiger partial charge in [-0.15, -0.1) is 41.1 Å². The Morgan fingerprint density at radius 1 is 0.893 bits per heavy atom. The summed E-state index contributed by atoms with van der Waals surface area (Å²) < 4.78 is 2.00. The molecule has 0 aliphatic heterocycles. The Balaban J connectivity index is 0.000000341. The molecule has 2 nitrogen and oxygen atoms in total. The van der Waals surface area contributed by atoms with Crippen LogP contribution in [0.3, 0.4) is 0 Å². The molecular weight excluding hydrogens is 466 g/mol. The standard InChI is InChI=1S/C16H11N2.C7H9.2ClH.Zr/c1-2-6-13-10-15(9-12(13)5-1)18-16-8-4-3-7-14(16)11-17-18;1-6-4-3-5-7(6)2;;;/h1-11H;3-5H,1-2H3;2*1H;/q2*-1;;;+4/p-2. The first-order chi connectivity index (χ1) is 12.2. The van der Waals surface area contributed by atoms with Crippen molar-refractivity contribution in [3.8, 4) is 5.69 Å². The van der Waals surface area contributed by atoms with Gasteiger partial charge in [-0.05, 0) is 11.8 Å². The molecule has 0 spiro atoms. The van der Waals surface area contributed by atoms with Crippen LogP contribution in [0.15, 0.2) is 85.1 Å². The maximum Gasteiger partial charge on any atom is 4.00 e. The predicted molar refractivity (Wildman–Crippen MR) is 106 cm³/mol. The summed E-state index contributed by atoms with van der Waals surface area (Å²) in [4.78, 5) is 0. The predicted octanol–water partition coefficient (Wildman–Crippen LogP) is -0.0746. The van der Waals surface area contributed by atoms with Gasteiger partial charge >= 0.3 is 26.2 Å². The van der Waals surface area contributed by atoms with Gasteiger partial charge in [0.25, 0.3) is 0 Å². The summed E-state index contributed by atoms with van der Waals surface area (Å²) in [5, 5.41) is 8.16. The summed E-state index contributed by atoms with van der Waals surface area (Å²) >= 11 is 0. The Labute approximate surface area is 197 Å². The molecule has 0 unspecified atom stereocenters. The molecule has 28 heavy (non-hydrogen) atoms. The van der Waals surface area contributed by atoms with Gasteiger partial charge in [-0.25, -0.2) is 12.1 Å². The average Bonchev–Trinajstić information content (AvgIpc) is 3.34. The molecule has 0 aliphatic carbocycles.